The molecular weight excluding hydrogens is 256 g/mol. The fraction of sp³-hybridized carbons (Fsp3) is 0.533. The highest BCUT2D eigenvalue weighted by Gasteiger charge is 2.22. The standard InChI is InChI=1S/C15H22N2O3/c1-3-6-16-7-9-17(10-8-16)15(19)12-4-5-14(20-2)13(18)11-12/h4-5,11,18H,3,6-10H2,1-2H3. The molecule has 0 saturated carbocycles. The first kappa shape index (κ1) is 14.7. The summed E-state index contributed by atoms with van der Waals surface area (Å²) in [6, 6.07) is 4.79. The van der Waals surface area contributed by atoms with E-state index in [4.69, 9.17) is 4.74 Å². The lowest BCUT2D eigenvalue weighted by Crippen LogP contribution is -2.48. The number of methoxy groups -OCH3 is 1. The van der Waals surface area contributed by atoms with Gasteiger partial charge in [0.25, 0.3) is 5.91 Å². The van der Waals surface area contributed by atoms with Gasteiger partial charge in [0.05, 0.1) is 7.11 Å². The molecule has 0 aromatic heterocycles. The summed E-state index contributed by atoms with van der Waals surface area (Å²) in [5.41, 5.74) is 0.507. The first-order valence-corrected chi connectivity index (χ1v) is 7.04. The minimum absolute atomic E-state index is 0.00275. The highest BCUT2D eigenvalue weighted by Crippen LogP contribution is 2.26. The number of carbonyl (C=O) groups is 1. The summed E-state index contributed by atoms with van der Waals surface area (Å²) in [4.78, 5) is 16.6. The zero-order valence-electron chi connectivity index (χ0n) is 12.1. The smallest absolute Gasteiger partial charge is 0.254 e. The van der Waals surface area contributed by atoms with Crippen molar-refractivity contribution in [2.75, 3.05) is 39.8 Å². The SMILES string of the molecule is CCCN1CCN(C(=O)c2ccc(OC)c(O)c2)CC1. The first-order valence-electron chi connectivity index (χ1n) is 7.04. The third-order valence-corrected chi connectivity index (χ3v) is 3.63. The summed E-state index contributed by atoms with van der Waals surface area (Å²) in [6.45, 7) is 6.57. The number of carbonyl (C=O) groups excluding carboxylic acids is 1. The molecule has 1 aromatic carbocycles. The number of piperazine rings is 1. The molecule has 1 N–H and O–H groups in total. The second-order valence-corrected chi connectivity index (χ2v) is 5.02. The van der Waals surface area contributed by atoms with E-state index < -0.39 is 0 Å². The fourth-order valence-corrected chi connectivity index (χ4v) is 2.50. The predicted molar refractivity (Wildman–Crippen MR) is 77.3 cm³/mol. The molecule has 0 bridgehead atoms. The second kappa shape index (κ2) is 6.61. The van der Waals surface area contributed by atoms with E-state index in [2.05, 4.69) is 11.8 Å². The van der Waals surface area contributed by atoms with Gasteiger partial charge < -0.3 is 14.7 Å². The lowest BCUT2D eigenvalue weighted by molar-refractivity contribution is 0.0637. The minimum atomic E-state index is -0.0286. The van der Waals surface area contributed by atoms with Crippen LogP contribution in [0.4, 0.5) is 0 Å². The van der Waals surface area contributed by atoms with E-state index in [0.29, 0.717) is 11.3 Å². The summed E-state index contributed by atoms with van der Waals surface area (Å²) in [5.74, 6) is 0.358. The zero-order valence-corrected chi connectivity index (χ0v) is 12.1. The number of benzene rings is 1. The van der Waals surface area contributed by atoms with Crippen molar-refractivity contribution >= 4 is 5.91 Å². The highest BCUT2D eigenvalue weighted by atomic mass is 16.5. The Kier molecular flexibility index (Phi) is 4.84. The Morgan fingerprint density at radius 1 is 1.30 bits per heavy atom. The maximum atomic E-state index is 12.4. The van der Waals surface area contributed by atoms with Gasteiger partial charge >= 0.3 is 0 Å². The number of aromatic hydroxyl groups is 1. The van der Waals surface area contributed by atoms with Crippen LogP contribution in [0.15, 0.2) is 18.2 Å². The van der Waals surface area contributed by atoms with Crippen molar-refractivity contribution in [2.45, 2.75) is 13.3 Å². The Hall–Kier alpha value is -1.75. The van der Waals surface area contributed by atoms with Gasteiger partial charge in [0.15, 0.2) is 11.5 Å². The number of hydrogen-bond donors (Lipinski definition) is 1. The predicted octanol–water partition coefficient (Wildman–Crippen LogP) is 1.57. The lowest BCUT2D eigenvalue weighted by atomic mass is 10.1. The Bertz CT molecular complexity index is 468. The van der Waals surface area contributed by atoms with Crippen LogP contribution in [-0.2, 0) is 0 Å². The first-order chi connectivity index (χ1) is 9.65. The third-order valence-electron chi connectivity index (χ3n) is 3.63. The van der Waals surface area contributed by atoms with Crippen LogP contribution in [0.2, 0.25) is 0 Å². The molecule has 0 aliphatic carbocycles. The lowest BCUT2D eigenvalue weighted by Gasteiger charge is -2.34. The van der Waals surface area contributed by atoms with Gasteiger partial charge in [0.1, 0.15) is 0 Å². The summed E-state index contributed by atoms with van der Waals surface area (Å²) in [7, 11) is 1.49. The van der Waals surface area contributed by atoms with Gasteiger partial charge in [-0.15, -0.1) is 0 Å². The van der Waals surface area contributed by atoms with E-state index in [-0.39, 0.29) is 11.7 Å². The van der Waals surface area contributed by atoms with Gasteiger partial charge in [-0.3, -0.25) is 9.69 Å². The maximum Gasteiger partial charge on any atom is 0.254 e. The average molecular weight is 278 g/mol. The molecule has 1 amide bonds. The molecule has 5 nitrogen and oxygen atoms in total. The molecule has 2 rings (SSSR count). The van der Waals surface area contributed by atoms with E-state index >= 15 is 0 Å². The minimum Gasteiger partial charge on any atom is -0.504 e. The number of phenolic OH excluding ortho intramolecular Hbond substituents is 1. The van der Waals surface area contributed by atoms with Crippen molar-refractivity contribution in [1.29, 1.82) is 0 Å². The number of hydrogen-bond acceptors (Lipinski definition) is 4. The van der Waals surface area contributed by atoms with E-state index in [1.807, 2.05) is 4.90 Å². The number of rotatable bonds is 4. The molecule has 1 saturated heterocycles. The van der Waals surface area contributed by atoms with Crippen LogP contribution in [0.5, 0.6) is 11.5 Å². The molecule has 0 unspecified atom stereocenters. The molecular formula is C15H22N2O3. The van der Waals surface area contributed by atoms with Crippen LogP contribution < -0.4 is 4.74 Å². The van der Waals surface area contributed by atoms with Crippen molar-refractivity contribution in [3.63, 3.8) is 0 Å². The van der Waals surface area contributed by atoms with Gasteiger partial charge in [-0.2, -0.15) is 0 Å². The van der Waals surface area contributed by atoms with Crippen molar-refractivity contribution in [3.8, 4) is 11.5 Å². The Morgan fingerprint density at radius 3 is 2.55 bits per heavy atom. The number of nitrogens with zero attached hydrogens (tertiary/aromatic N) is 2. The Balaban J connectivity index is 2.00. The Labute approximate surface area is 119 Å². The largest absolute Gasteiger partial charge is 0.504 e. The topological polar surface area (TPSA) is 53.0 Å². The van der Waals surface area contributed by atoms with Gasteiger partial charge in [-0.05, 0) is 31.2 Å². The molecule has 5 heteroatoms. The molecule has 20 heavy (non-hydrogen) atoms. The molecule has 1 aliphatic rings. The molecule has 0 radical (unpaired) electrons. The molecule has 0 spiro atoms. The van der Waals surface area contributed by atoms with Crippen molar-refractivity contribution in [3.05, 3.63) is 23.8 Å². The van der Waals surface area contributed by atoms with Gasteiger partial charge in [-0.25, -0.2) is 0 Å². The monoisotopic (exact) mass is 278 g/mol. The summed E-state index contributed by atoms with van der Waals surface area (Å²) < 4.78 is 4.98. The van der Waals surface area contributed by atoms with Gasteiger partial charge in [-0.1, -0.05) is 6.92 Å². The summed E-state index contributed by atoms with van der Waals surface area (Å²) >= 11 is 0. The van der Waals surface area contributed by atoms with Crippen LogP contribution in [0.1, 0.15) is 23.7 Å². The molecule has 1 heterocycles. The van der Waals surface area contributed by atoms with Crippen LogP contribution in [0.25, 0.3) is 0 Å². The van der Waals surface area contributed by atoms with E-state index in [0.717, 1.165) is 39.1 Å². The van der Waals surface area contributed by atoms with E-state index in [1.54, 1.807) is 12.1 Å². The van der Waals surface area contributed by atoms with Crippen molar-refractivity contribution in [2.24, 2.45) is 0 Å². The Morgan fingerprint density at radius 2 is 2.00 bits per heavy atom. The summed E-state index contributed by atoms with van der Waals surface area (Å²) in [6.07, 6.45) is 1.14. The quantitative estimate of drug-likeness (QED) is 0.908. The highest BCUT2D eigenvalue weighted by molar-refractivity contribution is 5.95. The molecule has 110 valence electrons. The van der Waals surface area contributed by atoms with E-state index in [9.17, 15) is 9.90 Å². The average Bonchev–Trinajstić information content (AvgIpc) is 2.47. The van der Waals surface area contributed by atoms with Crippen LogP contribution in [0, 0.1) is 0 Å². The normalized spacial score (nSPS) is 16.2. The second-order valence-electron chi connectivity index (χ2n) is 5.02. The fourth-order valence-electron chi connectivity index (χ4n) is 2.50. The number of phenols is 1. The molecule has 1 aromatic rings. The van der Waals surface area contributed by atoms with Crippen LogP contribution >= 0.6 is 0 Å². The van der Waals surface area contributed by atoms with Gasteiger partial charge in [0, 0.05) is 31.7 Å². The molecule has 1 aliphatic heterocycles. The zero-order chi connectivity index (χ0) is 14.5. The van der Waals surface area contributed by atoms with Crippen molar-refractivity contribution in [1.82, 2.24) is 9.80 Å². The number of amides is 1. The third kappa shape index (κ3) is 3.22. The van der Waals surface area contributed by atoms with E-state index in [1.165, 1.54) is 13.2 Å². The summed E-state index contributed by atoms with van der Waals surface area (Å²) in [5, 5.41) is 9.75. The van der Waals surface area contributed by atoms with Crippen molar-refractivity contribution < 1.29 is 14.6 Å². The van der Waals surface area contributed by atoms with Crippen LogP contribution in [-0.4, -0.2) is 60.6 Å². The van der Waals surface area contributed by atoms with Crippen LogP contribution in [0.3, 0.4) is 0 Å². The van der Waals surface area contributed by atoms with Gasteiger partial charge in [0.2, 0.25) is 0 Å². The molecule has 1 fully saturated rings. The number of ether oxygens (including phenoxy) is 1. The maximum absolute atomic E-state index is 12.4. The molecule has 0 atom stereocenters.